The van der Waals surface area contributed by atoms with Crippen molar-refractivity contribution in [3.8, 4) is 0 Å². The van der Waals surface area contributed by atoms with Gasteiger partial charge in [-0.2, -0.15) is 0 Å². The second kappa shape index (κ2) is 6.39. The summed E-state index contributed by atoms with van der Waals surface area (Å²) in [5, 5.41) is 5.66. The van der Waals surface area contributed by atoms with Gasteiger partial charge in [-0.3, -0.25) is 4.79 Å². The number of carbonyl (C=O) groups excluding carboxylic acids is 1. The molecule has 0 spiro atoms. The highest BCUT2D eigenvalue weighted by molar-refractivity contribution is 7.89. The number of carbonyl (C=O) groups is 1. The lowest BCUT2D eigenvalue weighted by Crippen LogP contribution is -2.26. The number of benzene rings is 1. The van der Waals surface area contributed by atoms with E-state index in [9.17, 15) is 13.2 Å². The van der Waals surface area contributed by atoms with Gasteiger partial charge in [-0.1, -0.05) is 0 Å². The molecule has 0 aliphatic rings. The van der Waals surface area contributed by atoms with Gasteiger partial charge in [0.1, 0.15) is 4.90 Å². The van der Waals surface area contributed by atoms with Gasteiger partial charge in [-0.25, -0.2) is 13.1 Å². The summed E-state index contributed by atoms with van der Waals surface area (Å²) >= 11 is 0. The van der Waals surface area contributed by atoms with Crippen LogP contribution in [0.25, 0.3) is 0 Å². The van der Waals surface area contributed by atoms with Crippen LogP contribution < -0.4 is 21.1 Å². The van der Waals surface area contributed by atoms with Crippen LogP contribution in [-0.4, -0.2) is 34.5 Å². The highest BCUT2D eigenvalue weighted by Gasteiger charge is 2.14. The van der Waals surface area contributed by atoms with E-state index < -0.39 is 10.0 Å². The van der Waals surface area contributed by atoms with Crippen LogP contribution >= 0.6 is 0 Å². The van der Waals surface area contributed by atoms with Gasteiger partial charge < -0.3 is 16.4 Å². The smallest absolute Gasteiger partial charge is 0.242 e. The highest BCUT2D eigenvalue weighted by atomic mass is 32.2. The molecule has 0 atom stereocenters. The molecule has 0 aliphatic carbocycles. The molecule has 0 saturated carbocycles. The van der Waals surface area contributed by atoms with Gasteiger partial charge in [-0.15, -0.1) is 0 Å². The maximum absolute atomic E-state index is 11.6. The van der Waals surface area contributed by atoms with E-state index in [0.717, 1.165) is 0 Å². The lowest BCUT2D eigenvalue weighted by molar-refractivity contribution is -0.118. The van der Waals surface area contributed by atoms with Crippen LogP contribution in [0.1, 0.15) is 6.92 Å². The molecule has 0 aromatic heterocycles. The molecule has 106 valence electrons. The average molecular weight is 286 g/mol. The predicted octanol–water partition coefficient (Wildman–Crippen LogP) is -0.275. The first-order chi connectivity index (χ1) is 8.86. The second-order valence-electron chi connectivity index (χ2n) is 3.87. The van der Waals surface area contributed by atoms with Gasteiger partial charge in [0.25, 0.3) is 0 Å². The van der Waals surface area contributed by atoms with Crippen molar-refractivity contribution in [1.82, 2.24) is 10.0 Å². The SMILES string of the molecule is CNS(=O)(=O)c1ccc(NCCNC(C)=O)cc1N. The number of nitrogens with one attached hydrogen (secondary N) is 3. The fourth-order valence-electron chi connectivity index (χ4n) is 1.46. The molecule has 0 saturated heterocycles. The summed E-state index contributed by atoms with van der Waals surface area (Å²) in [6.07, 6.45) is 0. The number of hydrogen-bond acceptors (Lipinski definition) is 5. The molecule has 0 unspecified atom stereocenters. The van der Waals surface area contributed by atoms with Crippen molar-refractivity contribution >= 4 is 27.3 Å². The fraction of sp³-hybridized carbons (Fsp3) is 0.364. The third-order valence-electron chi connectivity index (χ3n) is 2.40. The molecule has 0 aliphatic heterocycles. The average Bonchev–Trinajstić information content (AvgIpc) is 2.34. The minimum absolute atomic E-state index is 0.0439. The van der Waals surface area contributed by atoms with Gasteiger partial charge in [0.2, 0.25) is 15.9 Å². The zero-order valence-corrected chi connectivity index (χ0v) is 11.7. The molecule has 0 heterocycles. The van der Waals surface area contributed by atoms with E-state index in [-0.39, 0.29) is 16.5 Å². The summed E-state index contributed by atoms with van der Waals surface area (Å²) in [5.74, 6) is -0.100. The Morgan fingerprint density at radius 1 is 1.32 bits per heavy atom. The van der Waals surface area contributed by atoms with Gasteiger partial charge in [0.15, 0.2) is 0 Å². The van der Waals surface area contributed by atoms with E-state index in [1.54, 1.807) is 6.07 Å². The van der Waals surface area contributed by atoms with E-state index in [0.29, 0.717) is 18.8 Å². The molecule has 0 radical (unpaired) electrons. The van der Waals surface area contributed by atoms with Crippen LogP contribution in [-0.2, 0) is 14.8 Å². The van der Waals surface area contributed by atoms with Crippen LogP contribution in [0.5, 0.6) is 0 Å². The number of nitrogens with two attached hydrogens (primary N) is 1. The third kappa shape index (κ3) is 4.42. The third-order valence-corrected chi connectivity index (χ3v) is 3.88. The molecule has 1 rings (SSSR count). The Bertz CT molecular complexity index is 557. The maximum Gasteiger partial charge on any atom is 0.242 e. The number of nitrogen functional groups attached to an aromatic ring is 1. The van der Waals surface area contributed by atoms with Crippen LogP contribution in [0.4, 0.5) is 11.4 Å². The van der Waals surface area contributed by atoms with Crippen molar-refractivity contribution in [2.75, 3.05) is 31.2 Å². The number of hydrogen-bond donors (Lipinski definition) is 4. The molecular weight excluding hydrogens is 268 g/mol. The van der Waals surface area contributed by atoms with Crippen molar-refractivity contribution in [3.05, 3.63) is 18.2 Å². The van der Waals surface area contributed by atoms with Crippen LogP contribution in [0.15, 0.2) is 23.1 Å². The first-order valence-electron chi connectivity index (χ1n) is 5.68. The molecule has 8 heteroatoms. The topological polar surface area (TPSA) is 113 Å². The molecule has 7 nitrogen and oxygen atoms in total. The van der Waals surface area contributed by atoms with Gasteiger partial charge >= 0.3 is 0 Å². The minimum atomic E-state index is -3.54. The van der Waals surface area contributed by atoms with Crippen LogP contribution in [0.3, 0.4) is 0 Å². The Labute approximate surface area is 112 Å². The Hall–Kier alpha value is -1.80. The summed E-state index contributed by atoms with van der Waals surface area (Å²) in [7, 11) is -2.21. The van der Waals surface area contributed by atoms with Gasteiger partial charge in [0, 0.05) is 25.7 Å². The van der Waals surface area contributed by atoms with Crippen molar-refractivity contribution < 1.29 is 13.2 Å². The number of amides is 1. The van der Waals surface area contributed by atoms with Crippen molar-refractivity contribution in [1.29, 1.82) is 0 Å². The predicted molar refractivity (Wildman–Crippen MR) is 74.3 cm³/mol. The van der Waals surface area contributed by atoms with Crippen molar-refractivity contribution in [2.24, 2.45) is 0 Å². The molecule has 1 aromatic rings. The lowest BCUT2D eigenvalue weighted by atomic mass is 10.3. The summed E-state index contributed by atoms with van der Waals surface area (Å²) in [5.41, 5.74) is 6.56. The zero-order valence-electron chi connectivity index (χ0n) is 10.9. The molecule has 0 fully saturated rings. The normalized spacial score (nSPS) is 11.1. The summed E-state index contributed by atoms with van der Waals surface area (Å²) < 4.78 is 25.4. The standard InChI is InChI=1S/C11H18N4O3S/c1-8(16)14-5-6-15-9-3-4-11(10(12)7-9)19(17,18)13-2/h3-4,7,13,15H,5-6,12H2,1-2H3,(H,14,16). The monoisotopic (exact) mass is 286 g/mol. The van der Waals surface area contributed by atoms with E-state index in [4.69, 9.17) is 5.73 Å². The van der Waals surface area contributed by atoms with Crippen LogP contribution in [0.2, 0.25) is 0 Å². The Balaban J connectivity index is 2.70. The highest BCUT2D eigenvalue weighted by Crippen LogP contribution is 2.21. The van der Waals surface area contributed by atoms with E-state index in [2.05, 4.69) is 15.4 Å². The number of sulfonamides is 1. The second-order valence-corrected chi connectivity index (χ2v) is 5.72. The molecule has 0 bridgehead atoms. The molecule has 1 amide bonds. The minimum Gasteiger partial charge on any atom is -0.398 e. The Kier molecular flexibility index (Phi) is 5.13. The lowest BCUT2D eigenvalue weighted by Gasteiger charge is -2.10. The zero-order chi connectivity index (χ0) is 14.5. The van der Waals surface area contributed by atoms with E-state index >= 15 is 0 Å². The Morgan fingerprint density at radius 3 is 2.53 bits per heavy atom. The Morgan fingerprint density at radius 2 is 2.00 bits per heavy atom. The molecule has 1 aromatic carbocycles. The van der Waals surface area contributed by atoms with Gasteiger partial charge in [0.05, 0.1) is 5.69 Å². The first-order valence-corrected chi connectivity index (χ1v) is 7.16. The summed E-state index contributed by atoms with van der Waals surface area (Å²) in [6, 6.07) is 4.59. The molecule has 19 heavy (non-hydrogen) atoms. The largest absolute Gasteiger partial charge is 0.398 e. The fourth-order valence-corrected chi connectivity index (χ4v) is 2.29. The van der Waals surface area contributed by atoms with Crippen molar-refractivity contribution in [2.45, 2.75) is 11.8 Å². The van der Waals surface area contributed by atoms with E-state index in [1.165, 1.54) is 26.1 Å². The van der Waals surface area contributed by atoms with Gasteiger partial charge in [-0.05, 0) is 25.2 Å². The number of rotatable bonds is 6. The molecule has 5 N–H and O–H groups in total. The molecular formula is C11H18N4O3S. The van der Waals surface area contributed by atoms with E-state index in [1.807, 2.05) is 0 Å². The maximum atomic E-state index is 11.6. The summed E-state index contributed by atoms with van der Waals surface area (Å²) in [4.78, 5) is 10.7. The van der Waals surface area contributed by atoms with Crippen molar-refractivity contribution in [3.63, 3.8) is 0 Å². The first kappa shape index (κ1) is 15.3. The number of anilines is 2. The van der Waals surface area contributed by atoms with Crippen LogP contribution in [0, 0.1) is 0 Å². The summed E-state index contributed by atoms with van der Waals surface area (Å²) in [6.45, 7) is 2.44. The quantitative estimate of drug-likeness (QED) is 0.424.